The first-order chi connectivity index (χ1) is 10.0. The summed E-state index contributed by atoms with van der Waals surface area (Å²) in [5.41, 5.74) is 2.65. The van der Waals surface area contributed by atoms with Gasteiger partial charge in [-0.15, -0.1) is 0 Å². The van der Waals surface area contributed by atoms with Gasteiger partial charge in [0, 0.05) is 12.2 Å². The van der Waals surface area contributed by atoms with Crippen LogP contribution < -0.4 is 5.32 Å². The SMILES string of the molecule is O=S(=O)(Cc1ccc(F)cc1)c1ccc2c(c1)CCCN2. The van der Waals surface area contributed by atoms with E-state index in [4.69, 9.17) is 0 Å². The zero-order valence-corrected chi connectivity index (χ0v) is 12.3. The van der Waals surface area contributed by atoms with E-state index in [9.17, 15) is 12.8 Å². The summed E-state index contributed by atoms with van der Waals surface area (Å²) in [7, 11) is -3.41. The number of hydrogen-bond donors (Lipinski definition) is 1. The van der Waals surface area contributed by atoms with E-state index in [0.29, 0.717) is 10.5 Å². The van der Waals surface area contributed by atoms with Crippen LogP contribution in [0.3, 0.4) is 0 Å². The molecule has 3 nitrogen and oxygen atoms in total. The number of hydrogen-bond acceptors (Lipinski definition) is 3. The maximum absolute atomic E-state index is 12.9. The fourth-order valence-electron chi connectivity index (χ4n) is 2.53. The molecule has 0 unspecified atom stereocenters. The quantitative estimate of drug-likeness (QED) is 0.947. The van der Waals surface area contributed by atoms with Gasteiger partial charge in [-0.05, 0) is 54.3 Å². The largest absolute Gasteiger partial charge is 0.385 e. The van der Waals surface area contributed by atoms with Crippen molar-refractivity contribution in [1.29, 1.82) is 0 Å². The Labute approximate surface area is 123 Å². The van der Waals surface area contributed by atoms with E-state index in [2.05, 4.69) is 5.32 Å². The van der Waals surface area contributed by atoms with Gasteiger partial charge in [-0.25, -0.2) is 12.8 Å². The van der Waals surface area contributed by atoms with E-state index in [1.807, 2.05) is 6.07 Å². The maximum Gasteiger partial charge on any atom is 0.182 e. The van der Waals surface area contributed by atoms with Crippen LogP contribution in [0, 0.1) is 5.82 Å². The highest BCUT2D eigenvalue weighted by Crippen LogP contribution is 2.26. The molecule has 2 aromatic rings. The molecule has 3 rings (SSSR count). The molecule has 1 N–H and O–H groups in total. The number of halogens is 1. The van der Waals surface area contributed by atoms with E-state index in [-0.39, 0.29) is 11.6 Å². The first-order valence-corrected chi connectivity index (χ1v) is 8.54. The number of aryl methyl sites for hydroxylation is 1. The van der Waals surface area contributed by atoms with Crippen LogP contribution in [0.1, 0.15) is 17.5 Å². The van der Waals surface area contributed by atoms with Crippen LogP contribution in [0.5, 0.6) is 0 Å². The average Bonchev–Trinajstić information content (AvgIpc) is 2.49. The molecule has 0 bridgehead atoms. The van der Waals surface area contributed by atoms with Gasteiger partial charge in [0.15, 0.2) is 9.84 Å². The Hall–Kier alpha value is -1.88. The molecule has 1 aliphatic rings. The number of fused-ring (bicyclic) bond motifs is 1. The Morgan fingerprint density at radius 2 is 1.86 bits per heavy atom. The highest BCUT2D eigenvalue weighted by Gasteiger charge is 2.18. The second-order valence-corrected chi connectivity index (χ2v) is 7.22. The van der Waals surface area contributed by atoms with Crippen LogP contribution in [0.2, 0.25) is 0 Å². The summed E-state index contributed by atoms with van der Waals surface area (Å²) in [5, 5.41) is 3.26. The van der Waals surface area contributed by atoms with Crippen molar-refractivity contribution in [1.82, 2.24) is 0 Å². The van der Waals surface area contributed by atoms with Gasteiger partial charge in [-0.3, -0.25) is 0 Å². The molecule has 0 aromatic heterocycles. The molecule has 0 aliphatic carbocycles. The lowest BCUT2D eigenvalue weighted by Gasteiger charge is -2.18. The molecule has 0 saturated carbocycles. The smallest absolute Gasteiger partial charge is 0.182 e. The molecule has 0 amide bonds. The van der Waals surface area contributed by atoms with Crippen LogP contribution in [0.25, 0.3) is 0 Å². The summed E-state index contributed by atoms with van der Waals surface area (Å²) in [6, 6.07) is 10.8. The first-order valence-electron chi connectivity index (χ1n) is 6.89. The van der Waals surface area contributed by atoms with Crippen molar-refractivity contribution in [2.45, 2.75) is 23.5 Å². The second-order valence-electron chi connectivity index (χ2n) is 5.23. The Morgan fingerprint density at radius 1 is 1.10 bits per heavy atom. The van der Waals surface area contributed by atoms with Crippen LogP contribution in [-0.2, 0) is 22.0 Å². The number of anilines is 1. The van der Waals surface area contributed by atoms with Gasteiger partial charge in [0.05, 0.1) is 10.6 Å². The maximum atomic E-state index is 12.9. The normalized spacial score (nSPS) is 14.3. The summed E-state index contributed by atoms with van der Waals surface area (Å²) >= 11 is 0. The van der Waals surface area contributed by atoms with Crippen molar-refractivity contribution < 1.29 is 12.8 Å². The van der Waals surface area contributed by atoms with Gasteiger partial charge in [0.1, 0.15) is 5.82 Å². The first kappa shape index (κ1) is 14.1. The number of rotatable bonds is 3. The van der Waals surface area contributed by atoms with Crippen LogP contribution in [0.15, 0.2) is 47.4 Å². The fraction of sp³-hybridized carbons (Fsp3) is 0.250. The van der Waals surface area contributed by atoms with Crippen molar-refractivity contribution in [3.05, 3.63) is 59.4 Å². The Balaban J connectivity index is 1.89. The standard InChI is InChI=1S/C16H16FNO2S/c17-14-5-3-12(4-6-14)11-21(19,20)15-7-8-16-13(10-15)2-1-9-18-16/h3-8,10,18H,1-2,9,11H2. The third-order valence-corrected chi connectivity index (χ3v) is 5.33. The van der Waals surface area contributed by atoms with E-state index in [1.54, 1.807) is 12.1 Å². The number of sulfone groups is 1. The summed E-state index contributed by atoms with van der Waals surface area (Å²) < 4.78 is 37.8. The van der Waals surface area contributed by atoms with Crippen molar-refractivity contribution in [2.24, 2.45) is 0 Å². The Kier molecular flexibility index (Phi) is 3.68. The van der Waals surface area contributed by atoms with Crippen molar-refractivity contribution in [3.63, 3.8) is 0 Å². The highest BCUT2D eigenvalue weighted by atomic mass is 32.2. The summed E-state index contributed by atoms with van der Waals surface area (Å²) in [6.45, 7) is 0.925. The lowest BCUT2D eigenvalue weighted by Crippen LogP contribution is -2.13. The van der Waals surface area contributed by atoms with Crippen molar-refractivity contribution >= 4 is 15.5 Å². The average molecular weight is 305 g/mol. The van der Waals surface area contributed by atoms with Gasteiger partial charge >= 0.3 is 0 Å². The lowest BCUT2D eigenvalue weighted by molar-refractivity contribution is 0.594. The Bertz CT molecular complexity index is 754. The van der Waals surface area contributed by atoms with Gasteiger partial charge < -0.3 is 5.32 Å². The number of nitrogens with one attached hydrogen (secondary N) is 1. The molecule has 0 radical (unpaired) electrons. The van der Waals surface area contributed by atoms with E-state index < -0.39 is 9.84 Å². The summed E-state index contributed by atoms with van der Waals surface area (Å²) in [6.07, 6.45) is 1.90. The minimum absolute atomic E-state index is 0.112. The molecule has 5 heteroatoms. The van der Waals surface area contributed by atoms with Crippen LogP contribution >= 0.6 is 0 Å². The second kappa shape index (κ2) is 5.48. The fourth-order valence-corrected chi connectivity index (χ4v) is 3.92. The minimum atomic E-state index is -3.41. The van der Waals surface area contributed by atoms with E-state index in [0.717, 1.165) is 30.6 Å². The van der Waals surface area contributed by atoms with Gasteiger partial charge in [-0.1, -0.05) is 12.1 Å². The third-order valence-electron chi connectivity index (χ3n) is 3.64. The van der Waals surface area contributed by atoms with Gasteiger partial charge in [-0.2, -0.15) is 0 Å². The molecular weight excluding hydrogens is 289 g/mol. The van der Waals surface area contributed by atoms with Crippen LogP contribution in [0.4, 0.5) is 10.1 Å². The van der Waals surface area contributed by atoms with E-state index in [1.165, 1.54) is 24.3 Å². The molecule has 0 atom stereocenters. The number of benzene rings is 2. The molecule has 1 heterocycles. The van der Waals surface area contributed by atoms with E-state index >= 15 is 0 Å². The van der Waals surface area contributed by atoms with Gasteiger partial charge in [0.25, 0.3) is 0 Å². The summed E-state index contributed by atoms with van der Waals surface area (Å²) in [5.74, 6) is -0.476. The Morgan fingerprint density at radius 3 is 2.62 bits per heavy atom. The predicted octanol–water partition coefficient (Wildman–Crippen LogP) is 3.16. The lowest BCUT2D eigenvalue weighted by atomic mass is 10.0. The van der Waals surface area contributed by atoms with Crippen molar-refractivity contribution in [3.8, 4) is 0 Å². The van der Waals surface area contributed by atoms with Crippen LogP contribution in [-0.4, -0.2) is 15.0 Å². The molecule has 0 spiro atoms. The zero-order chi connectivity index (χ0) is 14.9. The third kappa shape index (κ3) is 3.08. The zero-order valence-electron chi connectivity index (χ0n) is 11.5. The molecular formula is C16H16FNO2S. The highest BCUT2D eigenvalue weighted by molar-refractivity contribution is 7.90. The molecule has 1 aliphatic heterocycles. The molecule has 21 heavy (non-hydrogen) atoms. The molecule has 0 fully saturated rings. The summed E-state index contributed by atoms with van der Waals surface area (Å²) in [4.78, 5) is 0.328. The molecule has 110 valence electrons. The van der Waals surface area contributed by atoms with Crippen molar-refractivity contribution in [2.75, 3.05) is 11.9 Å². The molecule has 2 aromatic carbocycles. The van der Waals surface area contributed by atoms with Gasteiger partial charge in [0.2, 0.25) is 0 Å². The minimum Gasteiger partial charge on any atom is -0.385 e. The predicted molar refractivity (Wildman–Crippen MR) is 80.5 cm³/mol. The monoisotopic (exact) mass is 305 g/mol. The molecule has 0 saturated heterocycles. The topological polar surface area (TPSA) is 46.2 Å².